The molecule has 7 nitrogen and oxygen atoms in total. The molecule has 3 N–H and O–H groups in total. The lowest BCUT2D eigenvalue weighted by molar-refractivity contribution is -0.131. The van der Waals surface area contributed by atoms with Crippen LogP contribution in [-0.2, 0) is 11.3 Å². The van der Waals surface area contributed by atoms with Crippen molar-refractivity contribution in [3.63, 3.8) is 0 Å². The van der Waals surface area contributed by atoms with Gasteiger partial charge in [0, 0.05) is 65.1 Å². The highest BCUT2D eigenvalue weighted by atomic mass is 35.5. The Hall–Kier alpha value is -2.84. The first kappa shape index (κ1) is 26.4. The van der Waals surface area contributed by atoms with Crippen molar-refractivity contribution < 1.29 is 4.79 Å². The van der Waals surface area contributed by atoms with Gasteiger partial charge in [-0.1, -0.05) is 40.9 Å². The lowest BCUT2D eigenvalue weighted by Crippen LogP contribution is -2.55. The molecule has 1 saturated carbocycles. The quantitative estimate of drug-likeness (QED) is 0.215. The third-order valence-electron chi connectivity index (χ3n) is 7.72. The standard InChI is InChI=1S/C29H29Cl3N6O/c30-20-4-3-17(25(31)12-20)14-38-15-19(16-38)29(39)36-22-7-5-21(6-8-22)35-27-11-18(10-26(32)37-27)24-13-34-28-23(24)2-1-9-33-28/h1-4,9-13,19,21-22H,5-8,14-16H2,(H,33,34)(H,35,37)(H,36,39). The van der Waals surface area contributed by atoms with Gasteiger partial charge in [0.2, 0.25) is 5.91 Å². The highest BCUT2D eigenvalue weighted by molar-refractivity contribution is 6.35. The van der Waals surface area contributed by atoms with E-state index in [0.29, 0.717) is 15.2 Å². The molecule has 1 aromatic carbocycles. The topological polar surface area (TPSA) is 85.9 Å². The lowest BCUT2D eigenvalue weighted by atomic mass is 9.90. The molecule has 1 saturated heterocycles. The SMILES string of the molecule is O=C(NC1CCC(Nc2cc(-c3c[nH]c4ncccc34)cc(Cl)n2)CC1)C1CN(Cc2ccc(Cl)cc2Cl)C1. The Bertz CT molecular complexity index is 1490. The number of aromatic amines is 1. The molecule has 10 heteroatoms. The van der Waals surface area contributed by atoms with Crippen LogP contribution in [0.4, 0.5) is 5.82 Å². The molecule has 2 fully saturated rings. The molecule has 0 spiro atoms. The van der Waals surface area contributed by atoms with Gasteiger partial charge in [-0.3, -0.25) is 9.69 Å². The predicted octanol–water partition coefficient (Wildman–Crippen LogP) is 6.56. The number of H-pyrrole nitrogens is 1. The molecule has 202 valence electrons. The van der Waals surface area contributed by atoms with Gasteiger partial charge in [0.15, 0.2) is 0 Å². The maximum Gasteiger partial charge on any atom is 0.225 e. The van der Waals surface area contributed by atoms with Gasteiger partial charge in [-0.25, -0.2) is 9.97 Å². The molecule has 6 rings (SSSR count). The minimum Gasteiger partial charge on any atom is -0.367 e. The summed E-state index contributed by atoms with van der Waals surface area (Å²) in [5.41, 5.74) is 3.91. The van der Waals surface area contributed by atoms with Crippen LogP contribution < -0.4 is 10.6 Å². The Morgan fingerprint density at radius 1 is 1.03 bits per heavy atom. The number of halogens is 3. The summed E-state index contributed by atoms with van der Waals surface area (Å²) in [5.74, 6) is 0.943. The number of carbonyl (C=O) groups is 1. The molecule has 1 amide bonds. The van der Waals surface area contributed by atoms with Crippen LogP contribution in [0.5, 0.6) is 0 Å². The molecular formula is C29H29Cl3N6O. The van der Waals surface area contributed by atoms with Gasteiger partial charge in [-0.05, 0) is 73.2 Å². The zero-order valence-electron chi connectivity index (χ0n) is 21.3. The van der Waals surface area contributed by atoms with Crippen LogP contribution in [0, 0.1) is 5.92 Å². The van der Waals surface area contributed by atoms with Gasteiger partial charge < -0.3 is 15.6 Å². The smallest absolute Gasteiger partial charge is 0.225 e. The molecule has 0 unspecified atom stereocenters. The molecule has 0 atom stereocenters. The monoisotopic (exact) mass is 582 g/mol. The molecular weight excluding hydrogens is 555 g/mol. The highest BCUT2D eigenvalue weighted by Crippen LogP contribution is 2.32. The summed E-state index contributed by atoms with van der Waals surface area (Å²) in [7, 11) is 0. The Labute approximate surface area is 242 Å². The third-order valence-corrected chi connectivity index (χ3v) is 8.50. The number of anilines is 1. The summed E-state index contributed by atoms with van der Waals surface area (Å²) in [6.45, 7) is 2.22. The number of aromatic nitrogens is 3. The van der Waals surface area contributed by atoms with Crippen molar-refractivity contribution in [2.24, 2.45) is 5.92 Å². The molecule has 0 radical (unpaired) electrons. The van der Waals surface area contributed by atoms with E-state index in [0.717, 1.165) is 78.9 Å². The number of benzene rings is 1. The number of nitrogens with zero attached hydrogens (tertiary/aromatic N) is 3. The van der Waals surface area contributed by atoms with Crippen LogP contribution in [0.3, 0.4) is 0 Å². The Morgan fingerprint density at radius 2 is 1.82 bits per heavy atom. The van der Waals surface area contributed by atoms with Crippen LogP contribution in [0.1, 0.15) is 31.2 Å². The molecule has 39 heavy (non-hydrogen) atoms. The number of likely N-dealkylation sites (tertiary alicyclic amines) is 1. The third kappa shape index (κ3) is 6.02. The first-order valence-corrected chi connectivity index (χ1v) is 14.4. The largest absolute Gasteiger partial charge is 0.367 e. The van der Waals surface area contributed by atoms with Crippen LogP contribution in [0.15, 0.2) is 54.9 Å². The van der Waals surface area contributed by atoms with E-state index in [1.165, 1.54) is 0 Å². The van der Waals surface area contributed by atoms with E-state index in [1.54, 1.807) is 12.3 Å². The van der Waals surface area contributed by atoms with E-state index in [1.807, 2.05) is 42.6 Å². The lowest BCUT2D eigenvalue weighted by Gasteiger charge is -2.39. The zero-order valence-corrected chi connectivity index (χ0v) is 23.5. The average Bonchev–Trinajstić information content (AvgIpc) is 3.32. The number of amides is 1. The summed E-state index contributed by atoms with van der Waals surface area (Å²) >= 11 is 18.7. The van der Waals surface area contributed by atoms with Crippen LogP contribution in [0.25, 0.3) is 22.2 Å². The molecule has 0 bridgehead atoms. The van der Waals surface area contributed by atoms with Gasteiger partial charge in [0.1, 0.15) is 16.6 Å². The second kappa shape index (κ2) is 11.3. The van der Waals surface area contributed by atoms with E-state index in [-0.39, 0.29) is 23.9 Å². The Kier molecular flexibility index (Phi) is 7.67. The predicted molar refractivity (Wildman–Crippen MR) is 157 cm³/mol. The van der Waals surface area contributed by atoms with Crippen molar-refractivity contribution in [3.8, 4) is 11.1 Å². The number of pyridine rings is 2. The molecule has 4 heterocycles. The fourth-order valence-corrected chi connectivity index (χ4v) is 6.26. The second-order valence-electron chi connectivity index (χ2n) is 10.5. The average molecular weight is 584 g/mol. The van der Waals surface area contributed by atoms with Crippen molar-refractivity contribution in [3.05, 3.63) is 75.6 Å². The van der Waals surface area contributed by atoms with Gasteiger partial charge in [-0.15, -0.1) is 0 Å². The second-order valence-corrected chi connectivity index (χ2v) is 11.7. The number of fused-ring (bicyclic) bond motifs is 1. The van der Waals surface area contributed by atoms with Crippen molar-refractivity contribution in [2.75, 3.05) is 18.4 Å². The van der Waals surface area contributed by atoms with Crippen molar-refractivity contribution in [1.82, 2.24) is 25.2 Å². The number of carbonyl (C=O) groups excluding carboxylic acids is 1. The van der Waals surface area contributed by atoms with Crippen LogP contribution in [0.2, 0.25) is 15.2 Å². The molecule has 4 aromatic rings. The number of hydrogen-bond acceptors (Lipinski definition) is 5. The Balaban J connectivity index is 0.984. The van der Waals surface area contributed by atoms with Crippen LogP contribution >= 0.6 is 34.8 Å². The normalized spacial score (nSPS) is 20.1. The molecule has 1 aliphatic carbocycles. The summed E-state index contributed by atoms with van der Waals surface area (Å²) < 4.78 is 0. The zero-order chi connectivity index (χ0) is 26.9. The summed E-state index contributed by atoms with van der Waals surface area (Å²) in [5, 5.41) is 9.64. The summed E-state index contributed by atoms with van der Waals surface area (Å²) in [4.78, 5) is 27.2. The fourth-order valence-electron chi connectivity index (χ4n) is 5.59. The van der Waals surface area contributed by atoms with Gasteiger partial charge in [0.25, 0.3) is 0 Å². The first-order valence-electron chi connectivity index (χ1n) is 13.2. The van der Waals surface area contributed by atoms with Gasteiger partial charge in [-0.2, -0.15) is 0 Å². The summed E-state index contributed by atoms with van der Waals surface area (Å²) in [6.07, 6.45) is 7.50. The van der Waals surface area contributed by atoms with E-state index in [4.69, 9.17) is 34.8 Å². The fraction of sp³-hybridized carbons (Fsp3) is 0.345. The first-order chi connectivity index (χ1) is 18.9. The van der Waals surface area contributed by atoms with Crippen molar-refractivity contribution in [1.29, 1.82) is 0 Å². The van der Waals surface area contributed by atoms with Gasteiger partial charge >= 0.3 is 0 Å². The highest BCUT2D eigenvalue weighted by Gasteiger charge is 2.34. The Morgan fingerprint density at radius 3 is 2.62 bits per heavy atom. The van der Waals surface area contributed by atoms with E-state index < -0.39 is 0 Å². The molecule has 1 aliphatic heterocycles. The van der Waals surface area contributed by atoms with Crippen molar-refractivity contribution in [2.45, 2.75) is 44.3 Å². The minimum absolute atomic E-state index is 0.0284. The van der Waals surface area contributed by atoms with E-state index in [2.05, 4.69) is 30.5 Å². The number of rotatable bonds is 7. The van der Waals surface area contributed by atoms with E-state index >= 15 is 0 Å². The number of nitrogens with one attached hydrogen (secondary N) is 3. The van der Waals surface area contributed by atoms with Crippen LogP contribution in [-0.4, -0.2) is 50.9 Å². The molecule has 3 aromatic heterocycles. The summed E-state index contributed by atoms with van der Waals surface area (Å²) in [6, 6.07) is 13.9. The molecule has 2 aliphatic rings. The maximum absolute atomic E-state index is 12.8. The minimum atomic E-state index is 0.0284. The maximum atomic E-state index is 12.8. The number of hydrogen-bond donors (Lipinski definition) is 3. The van der Waals surface area contributed by atoms with Gasteiger partial charge in [0.05, 0.1) is 5.92 Å². The van der Waals surface area contributed by atoms with Crippen molar-refractivity contribution >= 4 is 57.6 Å². The van der Waals surface area contributed by atoms with E-state index in [9.17, 15) is 4.79 Å².